The van der Waals surface area contributed by atoms with Crippen LogP contribution in [0.5, 0.6) is 5.75 Å². The van der Waals surface area contributed by atoms with Crippen LogP contribution in [0.15, 0.2) is 87.7 Å². The first-order valence-corrected chi connectivity index (χ1v) is 11.9. The van der Waals surface area contributed by atoms with E-state index >= 15 is 0 Å². The number of anilines is 1. The molecule has 0 fully saturated rings. The highest BCUT2D eigenvalue weighted by molar-refractivity contribution is 7.92. The number of ether oxygens (including phenoxy) is 1. The summed E-state index contributed by atoms with van der Waals surface area (Å²) in [5.41, 5.74) is 9.90. The van der Waals surface area contributed by atoms with Gasteiger partial charge in [-0.25, -0.2) is 18.4 Å². The van der Waals surface area contributed by atoms with Crippen LogP contribution in [0.3, 0.4) is 0 Å². The van der Waals surface area contributed by atoms with E-state index in [0.717, 1.165) is 11.1 Å². The molecule has 5 rings (SSSR count). The Labute approximate surface area is 196 Å². The van der Waals surface area contributed by atoms with Crippen molar-refractivity contribution in [1.29, 1.82) is 0 Å². The number of para-hydroxylation sites is 2. The van der Waals surface area contributed by atoms with E-state index in [1.54, 1.807) is 30.5 Å². The minimum Gasteiger partial charge on any atom is -0.497 e. The maximum atomic E-state index is 13.7. The van der Waals surface area contributed by atoms with Crippen LogP contribution >= 0.6 is 0 Å². The molecule has 2 N–H and O–H groups in total. The van der Waals surface area contributed by atoms with Crippen molar-refractivity contribution in [2.24, 2.45) is 5.10 Å². The number of hydrogen-bond acceptors (Lipinski definition) is 7. The van der Waals surface area contributed by atoms with Crippen molar-refractivity contribution in [3.8, 4) is 5.75 Å². The van der Waals surface area contributed by atoms with Crippen molar-refractivity contribution in [1.82, 2.24) is 14.6 Å². The molecule has 9 heteroatoms. The van der Waals surface area contributed by atoms with E-state index in [2.05, 4.69) is 15.1 Å². The van der Waals surface area contributed by atoms with Crippen LogP contribution in [0.4, 0.5) is 5.82 Å². The Morgan fingerprint density at radius 1 is 0.941 bits per heavy atom. The molecule has 0 atom stereocenters. The highest BCUT2D eigenvalue weighted by Gasteiger charge is 2.30. The Hall–Kier alpha value is -4.24. The number of nitrogens with zero attached hydrogens (tertiary/aromatic N) is 4. The van der Waals surface area contributed by atoms with Gasteiger partial charge in [-0.2, -0.15) is 9.78 Å². The number of sulfone groups is 1. The summed E-state index contributed by atoms with van der Waals surface area (Å²) in [6.45, 7) is 1.96. The normalized spacial score (nSPS) is 12.1. The quantitative estimate of drug-likeness (QED) is 0.385. The molecule has 8 nitrogen and oxygen atoms in total. The van der Waals surface area contributed by atoms with Crippen molar-refractivity contribution in [2.75, 3.05) is 12.8 Å². The van der Waals surface area contributed by atoms with Crippen LogP contribution in [0.25, 0.3) is 22.2 Å². The molecule has 0 amide bonds. The Bertz CT molecular complexity index is 1670. The Kier molecular flexibility index (Phi) is 5.25. The summed E-state index contributed by atoms with van der Waals surface area (Å²) in [6, 6.07) is 21.1. The van der Waals surface area contributed by atoms with Crippen LogP contribution in [0.2, 0.25) is 0 Å². The molecule has 0 saturated heterocycles. The fraction of sp³-hybridized carbons (Fsp3) is 0.0800. The first-order chi connectivity index (χ1) is 16.4. The predicted octanol–water partition coefficient (Wildman–Crippen LogP) is 4.20. The summed E-state index contributed by atoms with van der Waals surface area (Å²) in [4.78, 5) is 9.20. The van der Waals surface area contributed by atoms with E-state index < -0.39 is 9.84 Å². The van der Waals surface area contributed by atoms with Crippen molar-refractivity contribution in [2.45, 2.75) is 16.7 Å². The topological polar surface area (TPSA) is 112 Å². The van der Waals surface area contributed by atoms with E-state index in [9.17, 15) is 8.42 Å². The molecule has 2 aromatic heterocycles. The maximum absolute atomic E-state index is 13.7. The number of hydrogen-bond donors (Lipinski definition) is 1. The standard InChI is InChI=1S/C25H21N5O3S/c1-16-7-3-4-8-17(16)15-27-30-24(26)23(34(31,32)19-13-11-18(33-2)12-14-19)22-25(30)29-21-10-6-5-9-20(21)28-22/h3-15H,26H2,1-2H3/b27-15-. The lowest BCUT2D eigenvalue weighted by Gasteiger charge is -2.06. The summed E-state index contributed by atoms with van der Waals surface area (Å²) >= 11 is 0. The fourth-order valence-electron chi connectivity index (χ4n) is 3.73. The van der Waals surface area contributed by atoms with Crippen LogP contribution in [-0.2, 0) is 9.84 Å². The minimum absolute atomic E-state index is 0.0639. The molecular weight excluding hydrogens is 450 g/mol. The van der Waals surface area contributed by atoms with Crippen molar-refractivity contribution < 1.29 is 13.2 Å². The molecule has 0 aliphatic heterocycles. The number of aromatic nitrogens is 3. The largest absolute Gasteiger partial charge is 0.497 e. The molecule has 0 bridgehead atoms. The summed E-state index contributed by atoms with van der Waals surface area (Å²) < 4.78 is 33.9. The van der Waals surface area contributed by atoms with Gasteiger partial charge in [0.1, 0.15) is 22.0 Å². The molecule has 0 radical (unpaired) electrons. The third-order valence-electron chi connectivity index (χ3n) is 5.57. The van der Waals surface area contributed by atoms with Gasteiger partial charge in [0.15, 0.2) is 5.65 Å². The number of benzene rings is 3. The molecule has 5 aromatic rings. The number of nitrogens with two attached hydrogens (primary N) is 1. The average Bonchev–Trinajstić information content (AvgIpc) is 3.12. The van der Waals surface area contributed by atoms with Crippen molar-refractivity contribution in [3.63, 3.8) is 0 Å². The monoisotopic (exact) mass is 471 g/mol. The highest BCUT2D eigenvalue weighted by atomic mass is 32.2. The Balaban J connectivity index is 1.78. The Morgan fingerprint density at radius 3 is 2.26 bits per heavy atom. The van der Waals surface area contributed by atoms with E-state index in [1.165, 1.54) is 23.9 Å². The zero-order chi connectivity index (χ0) is 23.9. The number of aryl methyl sites for hydroxylation is 1. The van der Waals surface area contributed by atoms with Gasteiger partial charge < -0.3 is 10.5 Å². The van der Waals surface area contributed by atoms with Crippen molar-refractivity contribution in [3.05, 3.63) is 83.9 Å². The van der Waals surface area contributed by atoms with E-state index in [0.29, 0.717) is 16.8 Å². The van der Waals surface area contributed by atoms with Crippen LogP contribution in [-0.4, -0.2) is 36.4 Å². The summed E-state index contributed by atoms with van der Waals surface area (Å²) in [6.07, 6.45) is 1.63. The SMILES string of the molecule is COc1ccc(S(=O)(=O)c2c(N)n(/N=C\c3ccccc3C)c3nc4ccccc4nc23)cc1. The second kappa shape index (κ2) is 8.27. The first-order valence-electron chi connectivity index (χ1n) is 10.5. The highest BCUT2D eigenvalue weighted by Crippen LogP contribution is 2.35. The number of fused-ring (bicyclic) bond motifs is 2. The van der Waals surface area contributed by atoms with Gasteiger partial charge >= 0.3 is 0 Å². The van der Waals surface area contributed by atoms with Gasteiger partial charge in [0.05, 0.1) is 29.3 Å². The lowest BCUT2D eigenvalue weighted by atomic mass is 10.1. The predicted molar refractivity (Wildman–Crippen MR) is 132 cm³/mol. The molecule has 0 aliphatic rings. The molecule has 0 aliphatic carbocycles. The zero-order valence-electron chi connectivity index (χ0n) is 18.5. The lowest BCUT2D eigenvalue weighted by Crippen LogP contribution is -2.06. The maximum Gasteiger partial charge on any atom is 0.212 e. The summed E-state index contributed by atoms with van der Waals surface area (Å²) in [5.74, 6) is 0.480. The molecule has 170 valence electrons. The summed E-state index contributed by atoms with van der Waals surface area (Å²) in [7, 11) is -2.52. The van der Waals surface area contributed by atoms with E-state index in [1.807, 2.05) is 43.3 Å². The average molecular weight is 472 g/mol. The Morgan fingerprint density at radius 2 is 1.59 bits per heavy atom. The van der Waals surface area contributed by atoms with Crippen molar-refractivity contribution >= 4 is 44.1 Å². The van der Waals surface area contributed by atoms with Gasteiger partial charge in [-0.1, -0.05) is 36.4 Å². The van der Waals surface area contributed by atoms with E-state index in [-0.39, 0.29) is 26.8 Å². The molecule has 3 aromatic carbocycles. The van der Waals surface area contributed by atoms with Crippen LogP contribution in [0, 0.1) is 6.92 Å². The number of nitrogen functional groups attached to an aromatic ring is 1. The smallest absolute Gasteiger partial charge is 0.212 e. The second-order valence-corrected chi connectivity index (χ2v) is 9.58. The van der Waals surface area contributed by atoms with Crippen LogP contribution < -0.4 is 10.5 Å². The van der Waals surface area contributed by atoms with Gasteiger partial charge in [0, 0.05) is 0 Å². The first kappa shape index (κ1) is 21.6. The molecule has 0 unspecified atom stereocenters. The van der Waals surface area contributed by atoms with Crippen LogP contribution in [0.1, 0.15) is 11.1 Å². The molecule has 0 saturated carbocycles. The molecular formula is C25H21N5O3S. The van der Waals surface area contributed by atoms with Gasteiger partial charge in [-0.3, -0.25) is 0 Å². The molecule has 2 heterocycles. The third-order valence-corrected chi connectivity index (χ3v) is 7.40. The van der Waals surface area contributed by atoms with E-state index in [4.69, 9.17) is 10.5 Å². The van der Waals surface area contributed by atoms with Gasteiger partial charge in [-0.15, -0.1) is 0 Å². The lowest BCUT2D eigenvalue weighted by molar-refractivity contribution is 0.414. The second-order valence-electron chi connectivity index (χ2n) is 7.69. The zero-order valence-corrected chi connectivity index (χ0v) is 19.3. The molecule has 0 spiro atoms. The number of methoxy groups -OCH3 is 1. The summed E-state index contributed by atoms with van der Waals surface area (Å²) in [5, 5.41) is 4.51. The van der Waals surface area contributed by atoms with Gasteiger partial charge in [0.2, 0.25) is 9.84 Å². The number of rotatable bonds is 5. The molecule has 34 heavy (non-hydrogen) atoms. The minimum atomic E-state index is -4.04. The van der Waals surface area contributed by atoms with Gasteiger partial charge in [-0.05, 0) is 54.4 Å². The van der Waals surface area contributed by atoms with Gasteiger partial charge in [0.25, 0.3) is 0 Å². The fourth-order valence-corrected chi connectivity index (χ4v) is 5.21. The third kappa shape index (κ3) is 3.56.